The van der Waals surface area contributed by atoms with Gasteiger partial charge in [0, 0.05) is 36.8 Å². The van der Waals surface area contributed by atoms with Gasteiger partial charge < -0.3 is 10.1 Å². The number of methoxy groups -OCH3 is 1. The van der Waals surface area contributed by atoms with Gasteiger partial charge in [-0.15, -0.1) is 0 Å². The van der Waals surface area contributed by atoms with E-state index >= 15 is 0 Å². The summed E-state index contributed by atoms with van der Waals surface area (Å²) in [5.74, 6) is 0.0897. The Balaban J connectivity index is 2.15. The molecule has 0 amide bonds. The van der Waals surface area contributed by atoms with Gasteiger partial charge in [-0.2, -0.15) is 0 Å². The molecular weight excluding hydrogens is 267 g/mol. The summed E-state index contributed by atoms with van der Waals surface area (Å²) in [5, 5.41) is 3.60. The van der Waals surface area contributed by atoms with Gasteiger partial charge in [-0.05, 0) is 26.3 Å². The molecule has 1 aromatic rings. The van der Waals surface area contributed by atoms with Crippen molar-refractivity contribution in [3.05, 3.63) is 29.6 Å². The largest absolute Gasteiger partial charge is 0.494 e. The summed E-state index contributed by atoms with van der Waals surface area (Å²) in [6, 6.07) is 5.87. The first kappa shape index (κ1) is 16.2. The van der Waals surface area contributed by atoms with Gasteiger partial charge in [-0.1, -0.05) is 25.5 Å². The van der Waals surface area contributed by atoms with Crippen molar-refractivity contribution >= 4 is 0 Å². The highest BCUT2D eigenvalue weighted by molar-refractivity contribution is 5.31. The summed E-state index contributed by atoms with van der Waals surface area (Å²) < 4.78 is 19.4. The van der Waals surface area contributed by atoms with Crippen molar-refractivity contribution in [3.63, 3.8) is 0 Å². The lowest BCUT2D eigenvalue weighted by Gasteiger charge is -2.46. The lowest BCUT2D eigenvalue weighted by atomic mass is 9.95. The molecule has 0 radical (unpaired) electrons. The molecular formula is C17H27FN2O. The number of nitrogens with zero attached hydrogens (tertiary/aromatic N) is 1. The van der Waals surface area contributed by atoms with Crippen LogP contribution in [-0.4, -0.2) is 36.7 Å². The quantitative estimate of drug-likeness (QED) is 0.902. The topological polar surface area (TPSA) is 24.5 Å². The molecule has 0 bridgehead atoms. The average Bonchev–Trinajstić information content (AvgIpc) is 2.45. The standard InChI is InChI=1S/C17H27FN2O/c1-5-7-14-11-20(17(2,3)12-19-14)10-13-8-6-9-15(21-4)16(13)18/h6,8-9,14,19H,5,7,10-12H2,1-4H3. The van der Waals surface area contributed by atoms with Gasteiger partial charge in [0.25, 0.3) is 0 Å². The average molecular weight is 294 g/mol. The second-order valence-electron chi connectivity index (χ2n) is 6.49. The highest BCUT2D eigenvalue weighted by Gasteiger charge is 2.34. The van der Waals surface area contributed by atoms with Crippen LogP contribution in [-0.2, 0) is 6.54 Å². The fraction of sp³-hybridized carbons (Fsp3) is 0.647. The lowest BCUT2D eigenvalue weighted by Crippen LogP contribution is -2.61. The van der Waals surface area contributed by atoms with Crippen molar-refractivity contribution in [2.24, 2.45) is 0 Å². The first-order chi connectivity index (χ1) is 9.97. The molecule has 1 heterocycles. The zero-order valence-corrected chi connectivity index (χ0v) is 13.6. The van der Waals surface area contributed by atoms with Crippen LogP contribution in [0.4, 0.5) is 4.39 Å². The highest BCUT2D eigenvalue weighted by atomic mass is 19.1. The minimum absolute atomic E-state index is 0.0275. The normalized spacial score (nSPS) is 22.2. The monoisotopic (exact) mass is 294 g/mol. The van der Waals surface area contributed by atoms with Crippen molar-refractivity contribution in [3.8, 4) is 5.75 Å². The summed E-state index contributed by atoms with van der Waals surface area (Å²) in [6.45, 7) is 9.13. The third-order valence-electron chi connectivity index (χ3n) is 4.38. The molecule has 4 heteroatoms. The predicted octanol–water partition coefficient (Wildman–Crippen LogP) is 3.19. The summed E-state index contributed by atoms with van der Waals surface area (Å²) in [4.78, 5) is 2.38. The zero-order valence-electron chi connectivity index (χ0n) is 13.6. The molecule has 0 spiro atoms. The predicted molar refractivity (Wildman–Crippen MR) is 84.1 cm³/mol. The molecule has 1 saturated heterocycles. The van der Waals surface area contributed by atoms with Gasteiger partial charge in [-0.25, -0.2) is 4.39 Å². The van der Waals surface area contributed by atoms with Crippen LogP contribution in [0.15, 0.2) is 18.2 Å². The molecule has 118 valence electrons. The number of halogens is 1. The summed E-state index contributed by atoms with van der Waals surface area (Å²) in [5.41, 5.74) is 0.735. The van der Waals surface area contributed by atoms with Gasteiger partial charge in [0.1, 0.15) is 0 Å². The SMILES string of the molecule is CCCC1CN(Cc2cccc(OC)c2F)C(C)(C)CN1. The molecule has 1 atom stereocenters. The van der Waals surface area contributed by atoms with Gasteiger partial charge in [0.15, 0.2) is 11.6 Å². The molecule has 1 aliphatic rings. The van der Waals surface area contributed by atoms with Crippen molar-refractivity contribution in [1.29, 1.82) is 0 Å². The molecule has 1 aromatic carbocycles. The summed E-state index contributed by atoms with van der Waals surface area (Å²) in [7, 11) is 1.51. The Labute approximate surface area is 127 Å². The minimum Gasteiger partial charge on any atom is -0.494 e. The number of benzene rings is 1. The van der Waals surface area contributed by atoms with Gasteiger partial charge in [-0.3, -0.25) is 4.90 Å². The summed E-state index contributed by atoms with van der Waals surface area (Å²) in [6.07, 6.45) is 2.33. The maximum Gasteiger partial charge on any atom is 0.169 e. The summed E-state index contributed by atoms with van der Waals surface area (Å²) >= 11 is 0. The highest BCUT2D eigenvalue weighted by Crippen LogP contribution is 2.26. The molecule has 1 aliphatic heterocycles. The molecule has 1 unspecified atom stereocenters. The van der Waals surface area contributed by atoms with Crippen molar-refractivity contribution in [2.45, 2.75) is 51.7 Å². The maximum atomic E-state index is 14.4. The molecule has 1 fully saturated rings. The van der Waals surface area contributed by atoms with Crippen LogP contribution in [0.3, 0.4) is 0 Å². The van der Waals surface area contributed by atoms with Crippen molar-refractivity contribution in [1.82, 2.24) is 10.2 Å². The Morgan fingerprint density at radius 3 is 2.86 bits per heavy atom. The molecule has 21 heavy (non-hydrogen) atoms. The van der Waals surface area contributed by atoms with Crippen LogP contribution < -0.4 is 10.1 Å². The van der Waals surface area contributed by atoms with E-state index in [9.17, 15) is 4.39 Å². The van der Waals surface area contributed by atoms with E-state index in [2.05, 4.69) is 31.0 Å². The molecule has 0 saturated carbocycles. The number of rotatable bonds is 5. The third kappa shape index (κ3) is 3.74. The lowest BCUT2D eigenvalue weighted by molar-refractivity contribution is 0.0553. The second-order valence-corrected chi connectivity index (χ2v) is 6.49. The van der Waals surface area contributed by atoms with Gasteiger partial charge in [0.2, 0.25) is 0 Å². The van der Waals surface area contributed by atoms with E-state index < -0.39 is 0 Å². The fourth-order valence-electron chi connectivity index (χ4n) is 2.95. The van der Waals surface area contributed by atoms with Gasteiger partial charge in [0.05, 0.1) is 7.11 Å². The minimum atomic E-state index is -0.235. The van der Waals surface area contributed by atoms with E-state index in [1.165, 1.54) is 13.5 Å². The van der Waals surface area contributed by atoms with E-state index in [4.69, 9.17) is 4.74 Å². The van der Waals surface area contributed by atoms with Gasteiger partial charge >= 0.3 is 0 Å². The number of hydrogen-bond donors (Lipinski definition) is 1. The van der Waals surface area contributed by atoms with Crippen LogP contribution in [0.2, 0.25) is 0 Å². The van der Waals surface area contributed by atoms with Crippen LogP contribution in [0.25, 0.3) is 0 Å². The Morgan fingerprint density at radius 2 is 2.19 bits per heavy atom. The number of piperazine rings is 1. The van der Waals surface area contributed by atoms with Crippen LogP contribution >= 0.6 is 0 Å². The Kier molecular flexibility index (Phi) is 5.22. The van der Waals surface area contributed by atoms with Crippen LogP contribution in [0, 0.1) is 5.82 Å². The number of ether oxygens (including phenoxy) is 1. The molecule has 0 aliphatic carbocycles. The molecule has 3 nitrogen and oxygen atoms in total. The van der Waals surface area contributed by atoms with E-state index in [0.717, 1.165) is 19.5 Å². The van der Waals surface area contributed by atoms with E-state index in [-0.39, 0.29) is 11.4 Å². The molecule has 1 N–H and O–H groups in total. The fourth-order valence-corrected chi connectivity index (χ4v) is 2.95. The Hall–Kier alpha value is -1.13. The maximum absolute atomic E-state index is 14.4. The molecule has 0 aromatic heterocycles. The second kappa shape index (κ2) is 6.75. The number of hydrogen-bond acceptors (Lipinski definition) is 3. The zero-order chi connectivity index (χ0) is 15.5. The van der Waals surface area contributed by atoms with E-state index in [1.807, 2.05) is 12.1 Å². The smallest absolute Gasteiger partial charge is 0.169 e. The van der Waals surface area contributed by atoms with E-state index in [0.29, 0.717) is 23.9 Å². The van der Waals surface area contributed by atoms with Crippen LogP contribution in [0.1, 0.15) is 39.2 Å². The van der Waals surface area contributed by atoms with E-state index in [1.54, 1.807) is 6.07 Å². The Morgan fingerprint density at radius 1 is 1.43 bits per heavy atom. The first-order valence-corrected chi connectivity index (χ1v) is 7.77. The number of nitrogens with one attached hydrogen (secondary N) is 1. The Bertz CT molecular complexity index is 476. The third-order valence-corrected chi connectivity index (χ3v) is 4.38. The van der Waals surface area contributed by atoms with Crippen molar-refractivity contribution < 1.29 is 9.13 Å². The van der Waals surface area contributed by atoms with Crippen molar-refractivity contribution in [2.75, 3.05) is 20.2 Å². The molecule has 2 rings (SSSR count). The first-order valence-electron chi connectivity index (χ1n) is 7.77. The van der Waals surface area contributed by atoms with Crippen LogP contribution in [0.5, 0.6) is 5.75 Å².